The van der Waals surface area contributed by atoms with Gasteiger partial charge in [0.2, 0.25) is 11.9 Å². The highest BCUT2D eigenvalue weighted by Crippen LogP contribution is 2.12. The normalized spacial score (nSPS) is 11.7. The number of guanidine groups is 1. The molecule has 0 aromatic heterocycles. The molecule has 5 rings (SSSR count). The topological polar surface area (TPSA) is 226 Å². The van der Waals surface area contributed by atoms with E-state index in [1.165, 1.54) is 0 Å². The number of hydrogen-bond donors (Lipinski definition) is 4. The van der Waals surface area contributed by atoms with Crippen molar-refractivity contribution in [2.75, 3.05) is 13.1 Å². The van der Waals surface area contributed by atoms with Gasteiger partial charge < -0.3 is 45.4 Å². The molecule has 5 aromatic carbocycles. The predicted octanol–water partition coefficient (Wildman–Crippen LogP) is 7.68. The van der Waals surface area contributed by atoms with E-state index < -0.39 is 54.3 Å². The molecule has 0 aliphatic carbocycles. The van der Waals surface area contributed by atoms with Gasteiger partial charge in [-0.2, -0.15) is 0 Å². The molecule has 5 aromatic rings. The lowest BCUT2D eigenvalue weighted by Crippen LogP contribution is -2.52. The van der Waals surface area contributed by atoms with Crippen LogP contribution in [-0.4, -0.2) is 72.3 Å². The molecular formula is C51H56N6O11. The molecule has 2 atom stereocenters. The van der Waals surface area contributed by atoms with Crippen LogP contribution in [0.3, 0.4) is 0 Å². The number of carbonyl (C=O) groups excluding carboxylic acids is 6. The van der Waals surface area contributed by atoms with E-state index in [9.17, 15) is 28.8 Å². The van der Waals surface area contributed by atoms with Crippen LogP contribution in [0.25, 0.3) is 0 Å². The summed E-state index contributed by atoms with van der Waals surface area (Å²) in [4.78, 5) is 84.3. The molecule has 0 fully saturated rings. The zero-order chi connectivity index (χ0) is 48.2. The zero-order valence-corrected chi connectivity index (χ0v) is 37.5. The van der Waals surface area contributed by atoms with Gasteiger partial charge in [-0.05, 0) is 59.9 Å². The van der Waals surface area contributed by atoms with Gasteiger partial charge >= 0.3 is 30.3 Å². The molecule has 0 saturated carbocycles. The van der Waals surface area contributed by atoms with Gasteiger partial charge in [0.1, 0.15) is 45.1 Å². The Morgan fingerprint density at radius 3 is 1.41 bits per heavy atom. The highest BCUT2D eigenvalue weighted by Gasteiger charge is 2.29. The van der Waals surface area contributed by atoms with Crippen molar-refractivity contribution in [3.8, 4) is 0 Å². The van der Waals surface area contributed by atoms with Gasteiger partial charge in [0.05, 0.1) is 0 Å². The van der Waals surface area contributed by atoms with Crippen molar-refractivity contribution in [1.29, 1.82) is 0 Å². The highest BCUT2D eigenvalue weighted by molar-refractivity contribution is 5.98. The molecule has 17 nitrogen and oxygen atoms in total. The summed E-state index contributed by atoms with van der Waals surface area (Å²) in [7, 11) is 0. The van der Waals surface area contributed by atoms with E-state index in [-0.39, 0.29) is 65.4 Å². The second kappa shape index (κ2) is 28.6. The average Bonchev–Trinajstić information content (AvgIpc) is 3.37. The molecule has 5 amide bonds. The number of amides is 5. The fourth-order valence-electron chi connectivity index (χ4n) is 6.42. The number of aliphatic imine (C=N–C) groups is 1. The zero-order valence-electron chi connectivity index (χ0n) is 37.5. The molecule has 356 valence electrons. The number of nitrogens with one attached hydrogen (secondary N) is 3. The minimum atomic E-state index is -1.32. The summed E-state index contributed by atoms with van der Waals surface area (Å²) in [5, 5.41) is 8.01. The summed E-state index contributed by atoms with van der Waals surface area (Å²) in [6.07, 6.45) is -2.77. The first-order chi connectivity index (χ1) is 33.1. The van der Waals surface area contributed by atoms with Crippen LogP contribution in [0, 0.1) is 0 Å². The van der Waals surface area contributed by atoms with Gasteiger partial charge in [-0.15, -0.1) is 4.99 Å². The summed E-state index contributed by atoms with van der Waals surface area (Å²) in [5.74, 6) is -2.01. The number of carbonyl (C=O) groups is 6. The summed E-state index contributed by atoms with van der Waals surface area (Å²) in [6.45, 7) is -0.290. The highest BCUT2D eigenvalue weighted by atomic mass is 16.6. The van der Waals surface area contributed by atoms with E-state index in [4.69, 9.17) is 29.4 Å². The van der Waals surface area contributed by atoms with Gasteiger partial charge in [0, 0.05) is 13.1 Å². The minimum absolute atomic E-state index is 0.0120. The standard InChI is InChI=1S/C51H56N6O11/c52-47(56-50(62)67-36-41-25-12-4-13-26-41)57(51(63)68-37-42-27-14-5-15-28-42)32-18-30-43(55-49(61)66-35-40-23-10-3-11-24-40)45(58)54-44(46(59)64-33-38-19-6-1-7-20-38)29-16-17-31-53-48(60)65-34-39-21-8-2-9-22-39/h1-15,19-28,43-44H,16-18,29-37H2,(H,53,60)(H,54,58)(H,55,61)(H2,52,56,62)/t43-,44-/m0/s1. The maximum absolute atomic E-state index is 14.2. The monoisotopic (exact) mass is 928 g/mol. The maximum atomic E-state index is 14.2. The summed E-state index contributed by atoms with van der Waals surface area (Å²) in [6, 6.07) is 42.4. The lowest BCUT2D eigenvalue weighted by atomic mass is 10.1. The predicted molar refractivity (Wildman–Crippen MR) is 251 cm³/mol. The van der Waals surface area contributed by atoms with Gasteiger partial charge in [0.25, 0.3) is 0 Å². The molecule has 0 radical (unpaired) electrons. The minimum Gasteiger partial charge on any atom is -0.459 e. The molecule has 17 heteroatoms. The second-order valence-electron chi connectivity index (χ2n) is 15.2. The van der Waals surface area contributed by atoms with Crippen LogP contribution in [-0.2, 0) is 66.3 Å². The molecule has 0 aliphatic heterocycles. The summed E-state index contributed by atoms with van der Waals surface area (Å²) < 4.78 is 27.1. The van der Waals surface area contributed by atoms with Crippen molar-refractivity contribution < 1.29 is 52.5 Å². The largest absolute Gasteiger partial charge is 0.459 e. The number of unbranched alkanes of at least 4 members (excludes halogenated alkanes) is 1. The number of alkyl carbamates (subject to hydrolysis) is 2. The Labute approximate surface area is 395 Å². The summed E-state index contributed by atoms with van der Waals surface area (Å²) in [5.41, 5.74) is 9.87. The Morgan fingerprint density at radius 2 is 0.912 bits per heavy atom. The third-order valence-corrected chi connectivity index (χ3v) is 10.0. The van der Waals surface area contributed by atoms with Crippen molar-refractivity contribution >= 4 is 42.2 Å². The SMILES string of the molecule is NC(=NC(=O)OCc1ccccc1)N(CCC[C@H](NC(=O)OCc1ccccc1)C(=O)N[C@@H](CCCCNC(=O)OCc1ccccc1)C(=O)OCc1ccccc1)C(=O)OCc1ccccc1. The molecule has 0 saturated heterocycles. The maximum Gasteiger partial charge on any atom is 0.437 e. The van der Waals surface area contributed by atoms with E-state index in [1.807, 2.05) is 54.6 Å². The number of rotatable bonds is 23. The number of ether oxygens (including phenoxy) is 5. The van der Waals surface area contributed by atoms with E-state index in [1.54, 1.807) is 97.1 Å². The molecule has 0 unspecified atom stereocenters. The van der Waals surface area contributed by atoms with Gasteiger partial charge in [-0.1, -0.05) is 152 Å². The van der Waals surface area contributed by atoms with Crippen molar-refractivity contribution in [2.45, 2.75) is 77.2 Å². The quantitative estimate of drug-likeness (QED) is 0.0163. The Balaban J connectivity index is 1.27. The first-order valence-corrected chi connectivity index (χ1v) is 22.1. The number of hydrogen-bond acceptors (Lipinski definition) is 11. The molecule has 0 heterocycles. The number of nitrogens with zero attached hydrogens (tertiary/aromatic N) is 2. The first-order valence-electron chi connectivity index (χ1n) is 22.1. The Bertz CT molecular complexity index is 2360. The van der Waals surface area contributed by atoms with Crippen molar-refractivity contribution in [3.05, 3.63) is 179 Å². The molecule has 0 bridgehead atoms. The van der Waals surface area contributed by atoms with Crippen molar-refractivity contribution in [3.63, 3.8) is 0 Å². The Kier molecular flexibility index (Phi) is 21.4. The first kappa shape index (κ1) is 50.8. The van der Waals surface area contributed by atoms with Crippen LogP contribution in [0.4, 0.5) is 19.2 Å². The van der Waals surface area contributed by atoms with E-state index >= 15 is 0 Å². The number of benzene rings is 5. The second-order valence-corrected chi connectivity index (χ2v) is 15.2. The summed E-state index contributed by atoms with van der Waals surface area (Å²) >= 11 is 0. The lowest BCUT2D eigenvalue weighted by molar-refractivity contribution is -0.149. The fourth-order valence-corrected chi connectivity index (χ4v) is 6.42. The van der Waals surface area contributed by atoms with E-state index in [0.29, 0.717) is 29.5 Å². The third kappa shape index (κ3) is 19.1. The van der Waals surface area contributed by atoms with Crippen LogP contribution in [0.5, 0.6) is 0 Å². The van der Waals surface area contributed by atoms with Crippen molar-refractivity contribution in [1.82, 2.24) is 20.9 Å². The van der Waals surface area contributed by atoms with Crippen LogP contribution in [0.1, 0.15) is 59.9 Å². The molecular weight excluding hydrogens is 873 g/mol. The number of esters is 1. The van der Waals surface area contributed by atoms with Crippen LogP contribution < -0.4 is 21.7 Å². The molecule has 68 heavy (non-hydrogen) atoms. The van der Waals surface area contributed by atoms with Gasteiger partial charge in [-0.3, -0.25) is 4.79 Å². The van der Waals surface area contributed by atoms with Crippen LogP contribution >= 0.6 is 0 Å². The number of nitrogens with two attached hydrogens (primary N) is 1. The van der Waals surface area contributed by atoms with Gasteiger partial charge in [-0.25, -0.2) is 28.9 Å². The van der Waals surface area contributed by atoms with Crippen LogP contribution in [0.2, 0.25) is 0 Å². The Hall–Kier alpha value is -8.21. The third-order valence-electron chi connectivity index (χ3n) is 10.0. The van der Waals surface area contributed by atoms with Crippen LogP contribution in [0.15, 0.2) is 157 Å². The average molecular weight is 929 g/mol. The molecule has 5 N–H and O–H groups in total. The van der Waals surface area contributed by atoms with E-state index in [0.717, 1.165) is 16.0 Å². The smallest absolute Gasteiger partial charge is 0.437 e. The van der Waals surface area contributed by atoms with E-state index in [2.05, 4.69) is 20.9 Å². The van der Waals surface area contributed by atoms with Gasteiger partial charge in [0.15, 0.2) is 0 Å². The molecule has 0 aliphatic rings. The molecule has 0 spiro atoms. The Morgan fingerprint density at radius 1 is 0.485 bits per heavy atom. The van der Waals surface area contributed by atoms with Crippen molar-refractivity contribution in [2.24, 2.45) is 10.7 Å². The fraction of sp³-hybridized carbons (Fsp3) is 0.275. The lowest BCUT2D eigenvalue weighted by Gasteiger charge is -2.24.